The second-order valence-corrected chi connectivity index (χ2v) is 0. The summed E-state index contributed by atoms with van der Waals surface area (Å²) in [5.41, 5.74) is 0. The van der Waals surface area contributed by atoms with Gasteiger partial charge in [-0.2, -0.15) is 0 Å². The van der Waals surface area contributed by atoms with Crippen molar-refractivity contribution in [2.45, 2.75) is 0 Å². The fourth-order valence-corrected chi connectivity index (χ4v) is 0. The Morgan fingerprint density at radius 1 is 0.429 bits per heavy atom. The van der Waals surface area contributed by atoms with E-state index in [1.165, 1.54) is 0 Å². The minimum absolute atomic E-state index is 0. The van der Waals surface area contributed by atoms with Gasteiger partial charge in [0.25, 0.3) is 0 Å². The van der Waals surface area contributed by atoms with E-state index in [1.807, 2.05) is 0 Å². The molecule has 0 radical (unpaired) electrons. The first kappa shape index (κ1) is 409. The fraction of sp³-hybridized carbons (Fsp3) is 0. The van der Waals surface area contributed by atoms with Crippen LogP contribution in [0.2, 0.25) is 0 Å². The maximum Gasteiger partial charge on any atom is 0 e. The van der Waals surface area contributed by atoms with Crippen LogP contribution >= 0.6 is 12.4 Å². The molecule has 0 aromatic heterocycles. The molecule has 0 aromatic carbocycles. The standard InChI is InChI=1S/ClH.5H2O.Zr/h1H;5*1H2;. The van der Waals surface area contributed by atoms with E-state index in [0.29, 0.717) is 0 Å². The molecule has 0 atom stereocenters. The van der Waals surface area contributed by atoms with Gasteiger partial charge in [0.05, 0.1) is 0 Å². The van der Waals surface area contributed by atoms with Crippen molar-refractivity contribution in [3.05, 3.63) is 0 Å². The molecule has 0 aromatic rings. The molecule has 0 spiro atoms. The van der Waals surface area contributed by atoms with Crippen molar-refractivity contribution in [1.29, 1.82) is 0 Å². The van der Waals surface area contributed by atoms with Crippen molar-refractivity contribution < 1.29 is 53.6 Å². The monoisotopic (exact) mass is 216 g/mol. The summed E-state index contributed by atoms with van der Waals surface area (Å²) in [5, 5.41) is 0. The first-order valence-corrected chi connectivity index (χ1v) is 0. The molecule has 0 aliphatic heterocycles. The van der Waals surface area contributed by atoms with Gasteiger partial charge >= 0.3 is 0 Å². The summed E-state index contributed by atoms with van der Waals surface area (Å²) in [6.45, 7) is 0. The van der Waals surface area contributed by atoms with Crippen LogP contribution in [0.25, 0.3) is 0 Å². The van der Waals surface area contributed by atoms with Crippen LogP contribution in [0.15, 0.2) is 0 Å². The van der Waals surface area contributed by atoms with Crippen LogP contribution < -0.4 is 0 Å². The molecule has 10 N–H and O–H groups in total. The molecule has 7 heteroatoms. The van der Waals surface area contributed by atoms with Gasteiger partial charge in [-0.1, -0.05) is 0 Å². The Bertz CT molecular complexity index is 8.04. The fourth-order valence-electron chi connectivity index (χ4n) is 0. The molecule has 0 bridgehead atoms. The zero-order chi connectivity index (χ0) is 0. The maximum absolute atomic E-state index is 0. The number of halogens is 1. The van der Waals surface area contributed by atoms with E-state index >= 15 is 0 Å². The molecular weight excluding hydrogens is 207 g/mol. The molecule has 0 saturated heterocycles. The minimum Gasteiger partial charge on any atom is -0.412 e. The molecule has 5 nitrogen and oxygen atoms in total. The predicted octanol–water partition coefficient (Wildman–Crippen LogP) is -3.70. The average molecular weight is 218 g/mol. The van der Waals surface area contributed by atoms with E-state index in [2.05, 4.69) is 0 Å². The first-order valence-electron chi connectivity index (χ1n) is 0. The molecule has 0 saturated carbocycles. The summed E-state index contributed by atoms with van der Waals surface area (Å²) < 4.78 is 0. The van der Waals surface area contributed by atoms with E-state index in [0.717, 1.165) is 0 Å². The van der Waals surface area contributed by atoms with Gasteiger partial charge in [0.15, 0.2) is 0 Å². The third-order valence-electron chi connectivity index (χ3n) is 0. The summed E-state index contributed by atoms with van der Waals surface area (Å²) in [6, 6.07) is 0. The van der Waals surface area contributed by atoms with Gasteiger partial charge in [-0.15, -0.1) is 12.4 Å². The van der Waals surface area contributed by atoms with E-state index in [1.54, 1.807) is 0 Å². The number of hydrogen-bond acceptors (Lipinski definition) is 0. The Morgan fingerprint density at radius 2 is 0.429 bits per heavy atom. The molecule has 0 unspecified atom stereocenters. The normalized spacial score (nSPS) is 0. The smallest absolute Gasteiger partial charge is 0 e. The summed E-state index contributed by atoms with van der Waals surface area (Å²) in [4.78, 5) is 0. The predicted molar refractivity (Wildman–Crippen MR) is 25.3 cm³/mol. The maximum atomic E-state index is 0. The van der Waals surface area contributed by atoms with Crippen molar-refractivity contribution in [3.63, 3.8) is 0 Å². The third kappa shape index (κ3) is 182. The minimum atomic E-state index is 0. The number of hydrogen-bond donors (Lipinski definition) is 0. The van der Waals surface area contributed by atoms with Crippen LogP contribution in [0, 0.1) is 0 Å². The zero-order valence-corrected chi connectivity index (χ0v) is 6.68. The molecule has 0 rings (SSSR count). The molecule has 52 valence electrons. The summed E-state index contributed by atoms with van der Waals surface area (Å²) in [5.74, 6) is 0. The SMILES string of the molecule is Cl.O.O.O.O.O.[Zr]. The van der Waals surface area contributed by atoms with Gasteiger partial charge < -0.3 is 27.4 Å². The van der Waals surface area contributed by atoms with Crippen molar-refractivity contribution >= 4 is 12.4 Å². The Morgan fingerprint density at radius 3 is 0.429 bits per heavy atom. The summed E-state index contributed by atoms with van der Waals surface area (Å²) >= 11 is 0. The molecular formula is H11ClO5Zr. The van der Waals surface area contributed by atoms with Gasteiger partial charge in [0, 0.05) is 26.2 Å². The van der Waals surface area contributed by atoms with E-state index < -0.39 is 0 Å². The molecule has 0 aliphatic rings. The third-order valence-corrected chi connectivity index (χ3v) is 0. The zero-order valence-electron chi connectivity index (χ0n) is 3.41. The van der Waals surface area contributed by atoms with Crippen LogP contribution in [0.1, 0.15) is 0 Å². The van der Waals surface area contributed by atoms with Crippen LogP contribution in [-0.4, -0.2) is 27.4 Å². The first-order chi connectivity index (χ1) is 0. The Labute approximate surface area is 66.2 Å². The van der Waals surface area contributed by atoms with Gasteiger partial charge in [-0.05, 0) is 0 Å². The second-order valence-electron chi connectivity index (χ2n) is 0. The Kier molecular flexibility index (Phi) is 15400. The largest absolute Gasteiger partial charge is 0.412 e. The topological polar surface area (TPSA) is 158 Å². The second kappa shape index (κ2) is 263. The molecule has 0 amide bonds. The summed E-state index contributed by atoms with van der Waals surface area (Å²) in [7, 11) is 0. The van der Waals surface area contributed by atoms with Crippen molar-refractivity contribution in [2.24, 2.45) is 0 Å². The van der Waals surface area contributed by atoms with Crippen LogP contribution in [0.5, 0.6) is 0 Å². The van der Waals surface area contributed by atoms with Crippen LogP contribution in [0.4, 0.5) is 0 Å². The van der Waals surface area contributed by atoms with Gasteiger partial charge in [-0.25, -0.2) is 0 Å². The Hall–Kier alpha value is 0.973. The van der Waals surface area contributed by atoms with Crippen LogP contribution in [-0.2, 0) is 26.2 Å². The molecule has 7 heavy (non-hydrogen) atoms. The van der Waals surface area contributed by atoms with Crippen molar-refractivity contribution in [3.8, 4) is 0 Å². The van der Waals surface area contributed by atoms with Crippen LogP contribution in [0.3, 0.4) is 0 Å². The molecule has 0 fully saturated rings. The Balaban J connectivity index is 0. The van der Waals surface area contributed by atoms with E-state index in [4.69, 9.17) is 0 Å². The van der Waals surface area contributed by atoms with E-state index in [-0.39, 0.29) is 66.0 Å². The summed E-state index contributed by atoms with van der Waals surface area (Å²) in [6.07, 6.45) is 0. The average Bonchev–Trinajstić information content (AvgIpc) is 0. The molecule has 0 heterocycles. The molecule has 0 aliphatic carbocycles. The quantitative estimate of drug-likeness (QED) is 0.391. The van der Waals surface area contributed by atoms with Gasteiger partial charge in [0.1, 0.15) is 0 Å². The van der Waals surface area contributed by atoms with E-state index in [9.17, 15) is 0 Å². The van der Waals surface area contributed by atoms with Gasteiger partial charge in [-0.3, -0.25) is 0 Å². The van der Waals surface area contributed by atoms with Crippen molar-refractivity contribution in [1.82, 2.24) is 0 Å². The van der Waals surface area contributed by atoms with Gasteiger partial charge in [0.2, 0.25) is 0 Å². The number of rotatable bonds is 0. The van der Waals surface area contributed by atoms with Crippen molar-refractivity contribution in [2.75, 3.05) is 0 Å².